The van der Waals surface area contributed by atoms with Gasteiger partial charge in [0.25, 0.3) is 0 Å². The largest absolute Gasteiger partial charge is 0.389 e. The molecule has 1 unspecified atom stereocenters. The molecular weight excluding hydrogens is 234 g/mol. The van der Waals surface area contributed by atoms with Crippen LogP contribution in [-0.2, 0) is 14.2 Å². The third-order valence-corrected chi connectivity index (χ3v) is 2.32. The predicted molar refractivity (Wildman–Crippen MR) is 71.9 cm³/mol. The van der Waals surface area contributed by atoms with E-state index >= 15 is 0 Å². The monoisotopic (exact) mass is 263 g/mol. The molecule has 0 saturated carbocycles. The summed E-state index contributed by atoms with van der Waals surface area (Å²) in [6, 6.07) is 0. The average molecular weight is 263 g/mol. The molecule has 0 heterocycles. The van der Waals surface area contributed by atoms with E-state index in [9.17, 15) is 5.11 Å². The van der Waals surface area contributed by atoms with Crippen molar-refractivity contribution in [2.24, 2.45) is 0 Å². The number of aliphatic hydroxyl groups is 1. The molecule has 5 nitrogen and oxygen atoms in total. The molecule has 0 bridgehead atoms. The second kappa shape index (κ2) is 13.2. The van der Waals surface area contributed by atoms with Crippen LogP contribution in [-0.4, -0.2) is 63.9 Å². The number of methoxy groups -OCH3 is 1. The lowest BCUT2D eigenvalue weighted by Gasteiger charge is -2.13. The lowest BCUT2D eigenvalue weighted by atomic mass is 10.3. The molecule has 0 saturated heterocycles. The minimum Gasteiger partial charge on any atom is -0.389 e. The minimum absolute atomic E-state index is 0.229. The molecule has 0 aromatic heterocycles. The van der Waals surface area contributed by atoms with Crippen LogP contribution in [0.15, 0.2) is 0 Å². The molecule has 0 aromatic rings. The molecule has 0 fully saturated rings. The first-order valence-corrected chi connectivity index (χ1v) is 6.74. The Bertz CT molecular complexity index is 167. The second-order valence-corrected chi connectivity index (χ2v) is 4.55. The van der Waals surface area contributed by atoms with Crippen LogP contribution in [0, 0.1) is 0 Å². The maximum atomic E-state index is 9.61. The predicted octanol–water partition coefficient (Wildman–Crippen LogP) is 0.805. The fraction of sp³-hybridized carbons (Fsp3) is 1.00. The van der Waals surface area contributed by atoms with Gasteiger partial charge in [0.15, 0.2) is 0 Å². The lowest BCUT2D eigenvalue weighted by molar-refractivity contribution is -0.00993. The number of rotatable bonds is 13. The summed E-state index contributed by atoms with van der Waals surface area (Å²) in [4.78, 5) is 0. The Morgan fingerprint density at radius 3 is 2.56 bits per heavy atom. The van der Waals surface area contributed by atoms with Crippen molar-refractivity contribution in [2.45, 2.75) is 38.9 Å². The van der Waals surface area contributed by atoms with Crippen molar-refractivity contribution in [3.8, 4) is 0 Å². The van der Waals surface area contributed by atoms with Crippen molar-refractivity contribution in [1.82, 2.24) is 5.32 Å². The molecule has 0 spiro atoms. The van der Waals surface area contributed by atoms with Crippen molar-refractivity contribution < 1.29 is 19.3 Å². The van der Waals surface area contributed by atoms with Crippen LogP contribution in [0.1, 0.15) is 26.7 Å². The Morgan fingerprint density at radius 1 is 1.11 bits per heavy atom. The molecule has 18 heavy (non-hydrogen) atoms. The van der Waals surface area contributed by atoms with Crippen LogP contribution in [0.5, 0.6) is 0 Å². The summed E-state index contributed by atoms with van der Waals surface area (Å²) in [5.41, 5.74) is 0. The first-order valence-electron chi connectivity index (χ1n) is 6.74. The summed E-state index contributed by atoms with van der Waals surface area (Å²) < 4.78 is 15.6. The van der Waals surface area contributed by atoms with Gasteiger partial charge in [-0.2, -0.15) is 0 Å². The van der Waals surface area contributed by atoms with Gasteiger partial charge in [0.1, 0.15) is 0 Å². The maximum Gasteiger partial charge on any atom is 0.0897 e. The molecule has 2 N–H and O–H groups in total. The first kappa shape index (κ1) is 17.8. The van der Waals surface area contributed by atoms with Gasteiger partial charge in [0.2, 0.25) is 0 Å². The third kappa shape index (κ3) is 13.9. The molecule has 0 aliphatic heterocycles. The SMILES string of the molecule is COCCCCNCC(O)COCCOC(C)C. The molecule has 0 amide bonds. The summed E-state index contributed by atoms with van der Waals surface area (Å²) in [6.45, 7) is 7.70. The summed E-state index contributed by atoms with van der Waals surface area (Å²) >= 11 is 0. The highest BCUT2D eigenvalue weighted by molar-refractivity contribution is 4.58. The van der Waals surface area contributed by atoms with Crippen molar-refractivity contribution in [3.05, 3.63) is 0 Å². The van der Waals surface area contributed by atoms with E-state index in [1.807, 2.05) is 13.8 Å². The van der Waals surface area contributed by atoms with Crippen molar-refractivity contribution in [3.63, 3.8) is 0 Å². The zero-order valence-corrected chi connectivity index (χ0v) is 12.0. The number of ether oxygens (including phenoxy) is 3. The van der Waals surface area contributed by atoms with E-state index < -0.39 is 6.10 Å². The summed E-state index contributed by atoms with van der Waals surface area (Å²) in [5.74, 6) is 0. The highest BCUT2D eigenvalue weighted by atomic mass is 16.5. The molecule has 1 atom stereocenters. The minimum atomic E-state index is -0.452. The normalized spacial score (nSPS) is 13.2. The van der Waals surface area contributed by atoms with E-state index in [2.05, 4.69) is 5.32 Å². The van der Waals surface area contributed by atoms with Crippen LogP contribution < -0.4 is 5.32 Å². The van der Waals surface area contributed by atoms with Crippen LogP contribution in [0.2, 0.25) is 0 Å². The Labute approximate surface area is 111 Å². The molecule has 0 aromatic carbocycles. The number of aliphatic hydroxyl groups excluding tert-OH is 1. The molecule has 0 rings (SSSR count). The van der Waals surface area contributed by atoms with E-state index in [1.54, 1.807) is 7.11 Å². The molecule has 0 aliphatic rings. The molecule has 0 radical (unpaired) electrons. The van der Waals surface area contributed by atoms with Gasteiger partial charge in [-0.15, -0.1) is 0 Å². The van der Waals surface area contributed by atoms with E-state index in [0.29, 0.717) is 26.4 Å². The first-order chi connectivity index (χ1) is 8.66. The Morgan fingerprint density at radius 2 is 1.89 bits per heavy atom. The highest BCUT2D eigenvalue weighted by Crippen LogP contribution is 1.90. The van der Waals surface area contributed by atoms with Gasteiger partial charge < -0.3 is 24.6 Å². The quantitative estimate of drug-likeness (QED) is 0.481. The topological polar surface area (TPSA) is 60.0 Å². The van der Waals surface area contributed by atoms with Crippen molar-refractivity contribution in [1.29, 1.82) is 0 Å². The van der Waals surface area contributed by atoms with Gasteiger partial charge in [-0.25, -0.2) is 0 Å². The van der Waals surface area contributed by atoms with Gasteiger partial charge in [-0.1, -0.05) is 0 Å². The number of hydrogen-bond donors (Lipinski definition) is 2. The van der Waals surface area contributed by atoms with Crippen LogP contribution in [0.4, 0.5) is 0 Å². The number of nitrogens with one attached hydrogen (secondary N) is 1. The molecule has 110 valence electrons. The second-order valence-electron chi connectivity index (χ2n) is 4.55. The Hall–Kier alpha value is -0.200. The lowest BCUT2D eigenvalue weighted by Crippen LogP contribution is -2.31. The summed E-state index contributed by atoms with van der Waals surface area (Å²) in [7, 11) is 1.71. The smallest absolute Gasteiger partial charge is 0.0897 e. The van der Waals surface area contributed by atoms with E-state index in [1.165, 1.54) is 0 Å². The van der Waals surface area contributed by atoms with E-state index in [-0.39, 0.29) is 6.10 Å². The molecule has 0 aliphatic carbocycles. The Kier molecular flexibility index (Phi) is 13.1. The maximum absolute atomic E-state index is 9.61. The molecule has 5 heteroatoms. The fourth-order valence-corrected chi connectivity index (χ4v) is 1.39. The van der Waals surface area contributed by atoms with Crippen molar-refractivity contribution in [2.75, 3.05) is 46.6 Å². The van der Waals surface area contributed by atoms with Crippen LogP contribution >= 0.6 is 0 Å². The summed E-state index contributed by atoms with van der Waals surface area (Å²) in [5, 5.41) is 12.8. The standard InChI is InChI=1S/C13H29NO4/c1-12(2)18-9-8-17-11-13(15)10-14-6-4-5-7-16-3/h12-15H,4-11H2,1-3H3. The van der Waals surface area contributed by atoms with E-state index in [4.69, 9.17) is 14.2 Å². The molecular formula is C13H29NO4. The van der Waals surface area contributed by atoms with Gasteiger partial charge in [-0.05, 0) is 33.2 Å². The van der Waals surface area contributed by atoms with Gasteiger partial charge in [-0.3, -0.25) is 0 Å². The number of hydrogen-bond acceptors (Lipinski definition) is 5. The van der Waals surface area contributed by atoms with Crippen LogP contribution in [0.3, 0.4) is 0 Å². The van der Waals surface area contributed by atoms with Crippen LogP contribution in [0.25, 0.3) is 0 Å². The highest BCUT2D eigenvalue weighted by Gasteiger charge is 2.03. The van der Waals surface area contributed by atoms with E-state index in [0.717, 1.165) is 26.0 Å². The average Bonchev–Trinajstić information content (AvgIpc) is 2.33. The zero-order valence-electron chi connectivity index (χ0n) is 12.0. The van der Waals surface area contributed by atoms with Gasteiger partial charge in [0.05, 0.1) is 32.0 Å². The third-order valence-electron chi connectivity index (χ3n) is 2.32. The summed E-state index contributed by atoms with van der Waals surface area (Å²) in [6.07, 6.45) is 1.88. The van der Waals surface area contributed by atoms with Crippen molar-refractivity contribution >= 4 is 0 Å². The number of unbranched alkanes of at least 4 members (excludes halogenated alkanes) is 1. The van der Waals surface area contributed by atoms with Gasteiger partial charge in [0, 0.05) is 20.3 Å². The Balaban J connectivity index is 3.15. The van der Waals surface area contributed by atoms with Gasteiger partial charge >= 0.3 is 0 Å². The fourth-order valence-electron chi connectivity index (χ4n) is 1.39. The zero-order chi connectivity index (χ0) is 13.6.